The van der Waals surface area contributed by atoms with E-state index >= 15 is 0 Å². The maximum absolute atomic E-state index is 12.3. The smallest absolute Gasteiger partial charge is 0.340 e. The van der Waals surface area contributed by atoms with Gasteiger partial charge in [0.05, 0.1) is 17.0 Å². The second-order valence-electron chi connectivity index (χ2n) is 5.83. The van der Waals surface area contributed by atoms with Gasteiger partial charge in [0.15, 0.2) is 6.61 Å². The average molecular weight is 381 g/mol. The molecule has 27 heavy (non-hydrogen) atoms. The Balaban J connectivity index is 1.61. The van der Waals surface area contributed by atoms with E-state index in [2.05, 4.69) is 10.3 Å². The number of amides is 1. The molecule has 3 rings (SSSR count). The van der Waals surface area contributed by atoms with Crippen LogP contribution >= 0.6 is 11.6 Å². The lowest BCUT2D eigenvalue weighted by atomic mass is 10.1. The van der Waals surface area contributed by atoms with Gasteiger partial charge < -0.3 is 10.1 Å². The number of hydrogen-bond donors (Lipinski definition) is 1. The van der Waals surface area contributed by atoms with E-state index in [9.17, 15) is 9.59 Å². The van der Waals surface area contributed by atoms with Crippen molar-refractivity contribution in [2.24, 2.45) is 0 Å². The summed E-state index contributed by atoms with van der Waals surface area (Å²) in [4.78, 5) is 28.7. The summed E-state index contributed by atoms with van der Waals surface area (Å²) in [5.74, 6) is -1.04. The van der Waals surface area contributed by atoms with Crippen LogP contribution in [0, 0.1) is 6.92 Å². The molecular formula is C21H17ClN2O3. The first-order valence-electron chi connectivity index (χ1n) is 8.28. The van der Waals surface area contributed by atoms with E-state index in [1.807, 2.05) is 30.3 Å². The second-order valence-corrected chi connectivity index (χ2v) is 6.27. The van der Waals surface area contributed by atoms with Crippen molar-refractivity contribution in [2.45, 2.75) is 6.92 Å². The van der Waals surface area contributed by atoms with Gasteiger partial charge in [-0.25, -0.2) is 4.79 Å². The van der Waals surface area contributed by atoms with Gasteiger partial charge in [0.1, 0.15) is 0 Å². The van der Waals surface area contributed by atoms with Crippen LogP contribution < -0.4 is 5.32 Å². The molecule has 1 heterocycles. The lowest BCUT2D eigenvalue weighted by molar-refractivity contribution is -0.119. The summed E-state index contributed by atoms with van der Waals surface area (Å²) in [6.07, 6.45) is 0. The van der Waals surface area contributed by atoms with Gasteiger partial charge in [-0.1, -0.05) is 48.0 Å². The third kappa shape index (κ3) is 4.92. The van der Waals surface area contributed by atoms with Crippen LogP contribution in [-0.4, -0.2) is 23.5 Å². The highest BCUT2D eigenvalue weighted by atomic mass is 35.5. The molecule has 0 unspecified atom stereocenters. The number of hydrogen-bond acceptors (Lipinski definition) is 4. The molecule has 5 nitrogen and oxygen atoms in total. The highest BCUT2D eigenvalue weighted by molar-refractivity contribution is 6.30. The van der Waals surface area contributed by atoms with Gasteiger partial charge in [-0.05, 0) is 37.3 Å². The fraction of sp³-hybridized carbons (Fsp3) is 0.0952. The molecular weight excluding hydrogens is 364 g/mol. The number of aromatic nitrogens is 1. The number of nitrogens with one attached hydrogen (secondary N) is 1. The number of halogens is 1. The molecule has 1 N–H and O–H groups in total. The van der Waals surface area contributed by atoms with E-state index in [0.29, 0.717) is 22.0 Å². The molecule has 6 heteroatoms. The molecule has 1 amide bonds. The molecule has 0 aliphatic carbocycles. The van der Waals surface area contributed by atoms with Crippen LogP contribution in [0.1, 0.15) is 16.1 Å². The molecule has 3 aromatic rings. The van der Waals surface area contributed by atoms with Gasteiger partial charge in [0.25, 0.3) is 5.91 Å². The Morgan fingerprint density at radius 2 is 1.81 bits per heavy atom. The molecule has 0 bridgehead atoms. The number of benzene rings is 2. The second kappa shape index (κ2) is 8.47. The summed E-state index contributed by atoms with van der Waals surface area (Å²) < 4.78 is 5.09. The van der Waals surface area contributed by atoms with Crippen LogP contribution in [0.15, 0.2) is 66.7 Å². The summed E-state index contributed by atoms with van der Waals surface area (Å²) in [5, 5.41) is 3.12. The van der Waals surface area contributed by atoms with Crippen molar-refractivity contribution in [1.29, 1.82) is 0 Å². The first-order valence-corrected chi connectivity index (χ1v) is 8.66. The van der Waals surface area contributed by atoms with Crippen molar-refractivity contribution < 1.29 is 14.3 Å². The lowest BCUT2D eigenvalue weighted by Crippen LogP contribution is -2.21. The van der Waals surface area contributed by atoms with E-state index in [4.69, 9.17) is 16.3 Å². The minimum absolute atomic E-state index is 0.324. The molecule has 0 spiro atoms. The highest BCUT2D eigenvalue weighted by Crippen LogP contribution is 2.19. The Hall–Kier alpha value is -3.18. The number of rotatable bonds is 5. The minimum Gasteiger partial charge on any atom is -0.452 e. The summed E-state index contributed by atoms with van der Waals surface area (Å²) in [6.45, 7) is 1.33. The first-order chi connectivity index (χ1) is 13.0. The fourth-order valence-electron chi connectivity index (χ4n) is 2.52. The maximum atomic E-state index is 12.3. The quantitative estimate of drug-likeness (QED) is 0.661. The van der Waals surface area contributed by atoms with Crippen LogP contribution in [0.5, 0.6) is 0 Å². The standard InChI is InChI=1S/C21H17ClN2O3/c1-14-18(10-11-19(23-14)15-6-3-2-4-7-15)21(26)27-13-20(25)24-17-9-5-8-16(22)12-17/h2-12H,13H2,1H3,(H,24,25). The predicted molar refractivity (Wildman–Crippen MR) is 105 cm³/mol. The van der Waals surface area contributed by atoms with Crippen molar-refractivity contribution in [2.75, 3.05) is 11.9 Å². The molecule has 2 aromatic carbocycles. The molecule has 0 atom stereocenters. The Morgan fingerprint density at radius 3 is 2.52 bits per heavy atom. The number of carbonyl (C=O) groups is 2. The summed E-state index contributed by atoms with van der Waals surface area (Å²) in [7, 11) is 0. The zero-order valence-corrected chi connectivity index (χ0v) is 15.4. The van der Waals surface area contributed by atoms with E-state index in [1.165, 1.54) is 0 Å². The van der Waals surface area contributed by atoms with Crippen molar-refractivity contribution in [3.8, 4) is 11.3 Å². The average Bonchev–Trinajstić information content (AvgIpc) is 2.67. The number of carbonyl (C=O) groups excluding carboxylic acids is 2. The predicted octanol–water partition coefficient (Wildman–Crippen LogP) is 4.51. The largest absolute Gasteiger partial charge is 0.452 e. The van der Waals surface area contributed by atoms with Gasteiger partial charge in [-0.2, -0.15) is 0 Å². The molecule has 136 valence electrons. The summed E-state index contributed by atoms with van der Waals surface area (Å²) >= 11 is 5.87. The normalized spacial score (nSPS) is 10.3. The molecule has 0 saturated heterocycles. The first kappa shape index (κ1) is 18.6. The Morgan fingerprint density at radius 1 is 1.04 bits per heavy atom. The molecule has 0 saturated carbocycles. The zero-order chi connectivity index (χ0) is 19.2. The van der Waals surface area contributed by atoms with Crippen LogP contribution in [0.2, 0.25) is 5.02 Å². The van der Waals surface area contributed by atoms with Crippen LogP contribution in [0.4, 0.5) is 5.69 Å². The topological polar surface area (TPSA) is 68.3 Å². The van der Waals surface area contributed by atoms with Gasteiger partial charge in [0, 0.05) is 16.3 Å². The van der Waals surface area contributed by atoms with E-state index in [1.54, 1.807) is 43.3 Å². The van der Waals surface area contributed by atoms with E-state index < -0.39 is 18.5 Å². The number of anilines is 1. The van der Waals surface area contributed by atoms with Gasteiger partial charge in [-0.3, -0.25) is 9.78 Å². The maximum Gasteiger partial charge on any atom is 0.340 e. The molecule has 0 aliphatic rings. The third-order valence-electron chi connectivity index (χ3n) is 3.82. The van der Waals surface area contributed by atoms with Crippen molar-refractivity contribution in [3.05, 3.63) is 83.0 Å². The summed E-state index contributed by atoms with van der Waals surface area (Å²) in [5.41, 5.74) is 3.13. The Labute approximate surface area is 162 Å². The number of nitrogens with zero attached hydrogens (tertiary/aromatic N) is 1. The molecule has 1 aromatic heterocycles. The van der Waals surface area contributed by atoms with Crippen LogP contribution in [0.25, 0.3) is 11.3 Å². The van der Waals surface area contributed by atoms with Crippen molar-refractivity contribution in [3.63, 3.8) is 0 Å². The van der Waals surface area contributed by atoms with Crippen molar-refractivity contribution >= 4 is 29.2 Å². The molecule has 0 radical (unpaired) electrons. The zero-order valence-electron chi connectivity index (χ0n) is 14.6. The van der Waals surface area contributed by atoms with E-state index in [-0.39, 0.29) is 0 Å². The number of esters is 1. The van der Waals surface area contributed by atoms with Crippen LogP contribution in [-0.2, 0) is 9.53 Å². The van der Waals surface area contributed by atoms with Gasteiger partial charge >= 0.3 is 5.97 Å². The van der Waals surface area contributed by atoms with Crippen LogP contribution in [0.3, 0.4) is 0 Å². The number of aryl methyl sites for hydroxylation is 1. The summed E-state index contributed by atoms with van der Waals surface area (Å²) in [6, 6.07) is 19.8. The van der Waals surface area contributed by atoms with Crippen molar-refractivity contribution in [1.82, 2.24) is 4.98 Å². The van der Waals surface area contributed by atoms with E-state index in [0.717, 1.165) is 11.3 Å². The minimum atomic E-state index is -0.596. The Kier molecular flexibility index (Phi) is 5.84. The molecule has 0 fully saturated rings. The molecule has 0 aliphatic heterocycles. The SMILES string of the molecule is Cc1nc(-c2ccccc2)ccc1C(=O)OCC(=O)Nc1cccc(Cl)c1. The number of ether oxygens (including phenoxy) is 1. The third-order valence-corrected chi connectivity index (χ3v) is 4.05. The van der Waals surface area contributed by atoms with Gasteiger partial charge in [0.2, 0.25) is 0 Å². The van der Waals surface area contributed by atoms with Gasteiger partial charge in [-0.15, -0.1) is 0 Å². The lowest BCUT2D eigenvalue weighted by Gasteiger charge is -2.09. The number of pyridine rings is 1. The fourth-order valence-corrected chi connectivity index (χ4v) is 2.71. The highest BCUT2D eigenvalue weighted by Gasteiger charge is 2.14. The Bertz CT molecular complexity index is 974. The monoisotopic (exact) mass is 380 g/mol.